The smallest absolute Gasteiger partial charge is 1.00 e. The standard InChI is InChI=1S/C2H2.2BrH.2Mg.4H/c1-2;;;;;;;;/h1-2H;2*1H;;;;;;/q;;;2*+2;4*-1. The van der Waals surface area contributed by atoms with Gasteiger partial charge in [-0.05, 0) is 0 Å². The van der Waals surface area contributed by atoms with Gasteiger partial charge in [-0.15, -0.1) is 46.8 Å². The molecule has 0 N–H and O–H groups in total. The Labute approximate surface area is 97.6 Å². The minimum Gasteiger partial charge on any atom is -1.00 e. The average Bonchev–Trinajstić information content (AvgIpc) is 1.00. The summed E-state index contributed by atoms with van der Waals surface area (Å²) < 4.78 is 0. The first kappa shape index (κ1) is 43.0. The molecule has 0 radical (unpaired) electrons. The maximum atomic E-state index is 4.00. The molecule has 0 heterocycles. The molecular weight excluding hydrogens is 232 g/mol. The second-order valence-corrected chi connectivity index (χ2v) is 0. The maximum absolute atomic E-state index is 4.00. The number of halogens is 2. The van der Waals surface area contributed by atoms with Crippen molar-refractivity contribution in [3.8, 4) is 12.8 Å². The van der Waals surface area contributed by atoms with E-state index in [9.17, 15) is 0 Å². The zero-order chi connectivity index (χ0) is 2.00. The summed E-state index contributed by atoms with van der Waals surface area (Å²) in [6.07, 6.45) is 8.00. The number of rotatable bonds is 0. The van der Waals surface area contributed by atoms with Crippen molar-refractivity contribution in [3.05, 3.63) is 0 Å². The van der Waals surface area contributed by atoms with Crippen molar-refractivity contribution in [2.24, 2.45) is 0 Å². The van der Waals surface area contributed by atoms with Gasteiger partial charge in [-0.25, -0.2) is 0 Å². The van der Waals surface area contributed by atoms with Crippen LogP contribution < -0.4 is 0 Å². The molecule has 0 fully saturated rings. The van der Waals surface area contributed by atoms with Gasteiger partial charge in [-0.2, -0.15) is 0 Å². The van der Waals surface area contributed by atoms with Crippen molar-refractivity contribution in [1.29, 1.82) is 0 Å². The van der Waals surface area contributed by atoms with E-state index in [1.165, 1.54) is 0 Å². The Balaban J connectivity index is -0.000000000179. The van der Waals surface area contributed by atoms with Crippen LogP contribution in [0.4, 0.5) is 0 Å². The quantitative estimate of drug-likeness (QED) is 0.439. The van der Waals surface area contributed by atoms with Crippen molar-refractivity contribution in [2.75, 3.05) is 0 Å². The molecule has 0 saturated carbocycles. The van der Waals surface area contributed by atoms with E-state index in [-0.39, 0.29) is 85.8 Å². The second-order valence-electron chi connectivity index (χ2n) is 0. The third kappa shape index (κ3) is 36.7. The maximum Gasteiger partial charge on any atom is 2.00 e. The third-order valence-corrected chi connectivity index (χ3v) is 0. The van der Waals surface area contributed by atoms with Crippen LogP contribution in [0.3, 0.4) is 0 Å². The van der Waals surface area contributed by atoms with Crippen LogP contribution in [0.25, 0.3) is 0 Å². The Kier molecular flexibility index (Phi) is 439. The fourth-order valence-electron chi connectivity index (χ4n) is 0. The van der Waals surface area contributed by atoms with E-state index in [4.69, 9.17) is 0 Å². The van der Waals surface area contributed by atoms with Gasteiger partial charge >= 0.3 is 46.1 Å². The molecule has 0 unspecified atom stereocenters. The molecule has 0 rings (SSSR count). The molecule has 0 aliphatic carbocycles. The van der Waals surface area contributed by atoms with Gasteiger partial charge in [0.05, 0.1) is 0 Å². The first-order chi connectivity index (χ1) is 1.00. The van der Waals surface area contributed by atoms with Crippen molar-refractivity contribution >= 4 is 80.1 Å². The Hall–Kier alpha value is 2.05. The predicted molar refractivity (Wildman–Crippen MR) is 46.5 cm³/mol. The van der Waals surface area contributed by atoms with E-state index >= 15 is 0 Å². The van der Waals surface area contributed by atoms with Gasteiger partial charge in [0.2, 0.25) is 0 Å². The Morgan fingerprint density at radius 1 is 0.833 bits per heavy atom. The van der Waals surface area contributed by atoms with Crippen LogP contribution in [-0.4, -0.2) is 46.1 Å². The summed E-state index contributed by atoms with van der Waals surface area (Å²) in [4.78, 5) is 0. The first-order valence-corrected chi connectivity index (χ1v) is 0.333. The van der Waals surface area contributed by atoms with Gasteiger partial charge < -0.3 is 5.71 Å². The van der Waals surface area contributed by atoms with E-state index in [0.29, 0.717) is 0 Å². The summed E-state index contributed by atoms with van der Waals surface area (Å²) in [6, 6.07) is 0. The molecule has 4 heteroatoms. The third-order valence-electron chi connectivity index (χ3n) is 0. The minimum absolute atomic E-state index is 0. The minimum atomic E-state index is 0. The Morgan fingerprint density at radius 2 is 0.833 bits per heavy atom. The SMILES string of the molecule is Br.Br.C#C.[H-].[H-].[H-].[H-].[Mg+2].[Mg+2]. The fraction of sp³-hybridized carbons (Fsp3) is 0. The van der Waals surface area contributed by atoms with Gasteiger partial charge in [-0.3, -0.25) is 0 Å². The second kappa shape index (κ2) is 61.3. The predicted octanol–water partition coefficient (Wildman–Crippen LogP) is 1.09. The summed E-state index contributed by atoms with van der Waals surface area (Å²) in [7, 11) is 0. The monoisotopic (exact) mass is 238 g/mol. The molecular formula is C2H8Br2Mg2. The summed E-state index contributed by atoms with van der Waals surface area (Å²) in [5.74, 6) is 0. The molecule has 0 amide bonds. The summed E-state index contributed by atoms with van der Waals surface area (Å²) >= 11 is 0. The molecule has 0 saturated heterocycles. The van der Waals surface area contributed by atoms with Crippen LogP contribution in [0.15, 0.2) is 0 Å². The van der Waals surface area contributed by atoms with E-state index < -0.39 is 0 Å². The Morgan fingerprint density at radius 3 is 0.833 bits per heavy atom. The molecule has 0 aromatic carbocycles. The van der Waals surface area contributed by atoms with Gasteiger partial charge in [0.25, 0.3) is 0 Å². The van der Waals surface area contributed by atoms with Crippen molar-refractivity contribution in [1.82, 2.24) is 0 Å². The van der Waals surface area contributed by atoms with Crippen LogP contribution in [0.2, 0.25) is 0 Å². The largest absolute Gasteiger partial charge is 2.00 e. The zero-order valence-corrected chi connectivity index (χ0v) is 9.64. The molecule has 0 aliphatic heterocycles. The van der Waals surface area contributed by atoms with E-state index in [2.05, 4.69) is 12.8 Å². The van der Waals surface area contributed by atoms with Gasteiger partial charge in [0.15, 0.2) is 0 Å². The molecule has 0 nitrogen and oxygen atoms in total. The van der Waals surface area contributed by atoms with Gasteiger partial charge in [0.1, 0.15) is 0 Å². The van der Waals surface area contributed by atoms with Crippen LogP contribution in [-0.2, 0) is 0 Å². The molecule has 6 heavy (non-hydrogen) atoms. The Bertz CT molecular complexity index is 24.0. The average molecular weight is 241 g/mol. The molecule has 0 aliphatic rings. The molecule has 0 spiro atoms. The normalized spacial score (nSPS) is 0.333. The van der Waals surface area contributed by atoms with E-state index in [1.807, 2.05) is 0 Å². The van der Waals surface area contributed by atoms with Crippen molar-refractivity contribution in [3.63, 3.8) is 0 Å². The van der Waals surface area contributed by atoms with E-state index in [1.54, 1.807) is 0 Å². The zero-order valence-electron chi connectivity index (χ0n) is 7.39. The molecule has 0 aromatic rings. The number of terminal acetylenes is 1. The summed E-state index contributed by atoms with van der Waals surface area (Å²) in [5.41, 5.74) is 0. The van der Waals surface area contributed by atoms with Gasteiger partial charge in [0, 0.05) is 0 Å². The number of hydrogen-bond acceptors (Lipinski definition) is 0. The van der Waals surface area contributed by atoms with Crippen LogP contribution in [0.1, 0.15) is 5.71 Å². The summed E-state index contributed by atoms with van der Waals surface area (Å²) in [6.45, 7) is 0. The topological polar surface area (TPSA) is 0 Å². The molecule has 0 bridgehead atoms. The van der Waals surface area contributed by atoms with Crippen LogP contribution in [0, 0.1) is 12.8 Å². The number of hydrogen-bond donors (Lipinski definition) is 0. The van der Waals surface area contributed by atoms with Crippen molar-refractivity contribution < 1.29 is 5.71 Å². The fourth-order valence-corrected chi connectivity index (χ4v) is 0. The molecule has 0 atom stereocenters. The van der Waals surface area contributed by atoms with E-state index in [0.717, 1.165) is 0 Å². The van der Waals surface area contributed by atoms with Gasteiger partial charge in [-0.1, -0.05) is 0 Å². The molecule has 34 valence electrons. The summed E-state index contributed by atoms with van der Waals surface area (Å²) in [5, 5.41) is 0. The molecule has 0 aromatic heterocycles. The van der Waals surface area contributed by atoms with Crippen LogP contribution >= 0.6 is 34.0 Å². The first-order valence-electron chi connectivity index (χ1n) is 0.333. The van der Waals surface area contributed by atoms with Crippen LogP contribution in [0.5, 0.6) is 0 Å². The van der Waals surface area contributed by atoms with Crippen molar-refractivity contribution in [2.45, 2.75) is 0 Å².